The fourth-order valence-electron chi connectivity index (χ4n) is 1.63. The Morgan fingerprint density at radius 1 is 1.53 bits per heavy atom. The fourth-order valence-corrected chi connectivity index (χ4v) is 1.63. The molecule has 1 aromatic heterocycles. The van der Waals surface area contributed by atoms with Crippen LogP contribution in [0.3, 0.4) is 0 Å². The molecule has 0 saturated carbocycles. The minimum absolute atomic E-state index is 0.0948. The first-order valence-corrected chi connectivity index (χ1v) is 5.67. The summed E-state index contributed by atoms with van der Waals surface area (Å²) in [4.78, 5) is 15.8. The first-order chi connectivity index (χ1) is 9.22. The number of aromatic amines is 1. The number of halogens is 1. The highest BCUT2D eigenvalue weighted by Crippen LogP contribution is 2.20. The van der Waals surface area contributed by atoms with Crippen LogP contribution in [0.5, 0.6) is 5.75 Å². The van der Waals surface area contributed by atoms with Crippen LogP contribution >= 0.6 is 0 Å². The van der Waals surface area contributed by atoms with Crippen molar-refractivity contribution in [2.75, 3.05) is 13.7 Å². The van der Waals surface area contributed by atoms with E-state index in [1.54, 1.807) is 0 Å². The molecule has 7 heteroatoms. The second-order valence-electron chi connectivity index (χ2n) is 3.76. The molecule has 2 aromatic rings. The number of hydrogen-bond donors (Lipinski definition) is 2. The molecule has 0 spiro atoms. The first-order valence-electron chi connectivity index (χ1n) is 5.67. The zero-order chi connectivity index (χ0) is 13.7. The van der Waals surface area contributed by atoms with Crippen LogP contribution in [0.15, 0.2) is 24.5 Å². The van der Waals surface area contributed by atoms with Crippen molar-refractivity contribution in [3.05, 3.63) is 41.7 Å². The van der Waals surface area contributed by atoms with Crippen molar-refractivity contribution < 1.29 is 13.9 Å². The Kier molecular flexibility index (Phi) is 4.07. The quantitative estimate of drug-likeness (QED) is 0.841. The number of aromatic nitrogens is 3. The van der Waals surface area contributed by atoms with Crippen LogP contribution in [-0.4, -0.2) is 34.7 Å². The van der Waals surface area contributed by atoms with Gasteiger partial charge in [0.2, 0.25) is 0 Å². The number of carbonyl (C=O) groups is 1. The Morgan fingerprint density at radius 3 is 3.05 bits per heavy atom. The van der Waals surface area contributed by atoms with Crippen molar-refractivity contribution in [2.24, 2.45) is 0 Å². The van der Waals surface area contributed by atoms with E-state index in [0.717, 1.165) is 0 Å². The van der Waals surface area contributed by atoms with Crippen molar-refractivity contribution >= 4 is 5.91 Å². The van der Waals surface area contributed by atoms with Gasteiger partial charge in [-0.2, -0.15) is 5.10 Å². The Bertz CT molecular complexity index is 557. The number of methoxy groups -OCH3 is 1. The highest BCUT2D eigenvalue weighted by Gasteiger charge is 2.16. The molecule has 1 aromatic carbocycles. The monoisotopic (exact) mass is 264 g/mol. The van der Waals surface area contributed by atoms with Gasteiger partial charge in [0, 0.05) is 13.0 Å². The lowest BCUT2D eigenvalue weighted by atomic mass is 10.1. The average molecular weight is 264 g/mol. The maximum absolute atomic E-state index is 13.6. The number of rotatable bonds is 5. The molecule has 6 nitrogen and oxygen atoms in total. The molecular formula is C12H13FN4O2. The van der Waals surface area contributed by atoms with Crippen LogP contribution in [0.2, 0.25) is 0 Å². The zero-order valence-electron chi connectivity index (χ0n) is 10.3. The first kappa shape index (κ1) is 13.0. The van der Waals surface area contributed by atoms with Crippen LogP contribution in [0.25, 0.3) is 0 Å². The van der Waals surface area contributed by atoms with Crippen molar-refractivity contribution in [2.45, 2.75) is 6.42 Å². The van der Waals surface area contributed by atoms with Crippen molar-refractivity contribution in [3.8, 4) is 5.75 Å². The Morgan fingerprint density at radius 2 is 2.37 bits per heavy atom. The second kappa shape index (κ2) is 5.94. The predicted molar refractivity (Wildman–Crippen MR) is 65.4 cm³/mol. The van der Waals surface area contributed by atoms with Crippen LogP contribution in [0.1, 0.15) is 16.2 Å². The van der Waals surface area contributed by atoms with E-state index in [0.29, 0.717) is 18.8 Å². The minimum Gasteiger partial charge on any atom is -0.496 e. The summed E-state index contributed by atoms with van der Waals surface area (Å²) in [5, 5.41) is 8.97. The number of carbonyl (C=O) groups excluding carboxylic acids is 1. The minimum atomic E-state index is -0.614. The highest BCUT2D eigenvalue weighted by atomic mass is 19.1. The van der Waals surface area contributed by atoms with Gasteiger partial charge in [-0.1, -0.05) is 6.07 Å². The molecule has 0 saturated heterocycles. The summed E-state index contributed by atoms with van der Waals surface area (Å²) in [6.07, 6.45) is 1.87. The van der Waals surface area contributed by atoms with E-state index < -0.39 is 11.7 Å². The summed E-state index contributed by atoms with van der Waals surface area (Å²) in [5.41, 5.74) is -0.0948. The fraction of sp³-hybridized carbons (Fsp3) is 0.250. The normalized spacial score (nSPS) is 10.2. The summed E-state index contributed by atoms with van der Waals surface area (Å²) in [7, 11) is 1.39. The van der Waals surface area contributed by atoms with Gasteiger partial charge in [-0.15, -0.1) is 0 Å². The van der Waals surface area contributed by atoms with Gasteiger partial charge in [0.05, 0.1) is 7.11 Å². The summed E-state index contributed by atoms with van der Waals surface area (Å²) < 4.78 is 18.6. The number of H-pyrrole nitrogens is 1. The Labute approximate surface area is 109 Å². The van der Waals surface area contributed by atoms with Gasteiger partial charge >= 0.3 is 0 Å². The van der Waals surface area contributed by atoms with E-state index in [4.69, 9.17) is 4.74 Å². The Hall–Kier alpha value is -2.44. The van der Waals surface area contributed by atoms with E-state index >= 15 is 0 Å². The summed E-state index contributed by atoms with van der Waals surface area (Å²) in [6, 6.07) is 4.24. The van der Waals surface area contributed by atoms with Crippen molar-refractivity contribution in [1.82, 2.24) is 20.5 Å². The maximum Gasteiger partial charge on any atom is 0.258 e. The van der Waals surface area contributed by atoms with Crippen LogP contribution in [0, 0.1) is 5.82 Å². The molecule has 0 unspecified atom stereocenters. The second-order valence-corrected chi connectivity index (χ2v) is 3.76. The lowest BCUT2D eigenvalue weighted by Gasteiger charge is -2.09. The number of hydrogen-bond acceptors (Lipinski definition) is 4. The lowest BCUT2D eigenvalue weighted by molar-refractivity contribution is 0.0946. The van der Waals surface area contributed by atoms with Gasteiger partial charge in [-0.05, 0) is 12.1 Å². The third-order valence-electron chi connectivity index (χ3n) is 2.53. The SMILES string of the molecule is COc1cccc(F)c1C(=O)NCCc1ncn[nH]1. The molecule has 0 fully saturated rings. The van der Waals surface area contributed by atoms with Crippen molar-refractivity contribution in [1.29, 1.82) is 0 Å². The third kappa shape index (κ3) is 3.06. The smallest absolute Gasteiger partial charge is 0.258 e. The third-order valence-corrected chi connectivity index (χ3v) is 2.53. The number of benzene rings is 1. The van der Waals surface area contributed by atoms with Crippen LogP contribution in [-0.2, 0) is 6.42 Å². The molecule has 0 aliphatic carbocycles. The molecule has 100 valence electrons. The number of amides is 1. The van der Waals surface area contributed by atoms with Gasteiger partial charge in [-0.25, -0.2) is 9.37 Å². The maximum atomic E-state index is 13.6. The summed E-state index contributed by atoms with van der Waals surface area (Å²) in [6.45, 7) is 0.325. The van der Waals surface area contributed by atoms with Gasteiger partial charge < -0.3 is 10.1 Å². The van der Waals surface area contributed by atoms with Crippen LogP contribution < -0.4 is 10.1 Å². The van der Waals surface area contributed by atoms with Gasteiger partial charge in [0.1, 0.15) is 29.3 Å². The standard InChI is InChI=1S/C12H13FN4O2/c1-19-9-4-2-3-8(13)11(9)12(18)14-6-5-10-15-7-16-17-10/h2-4,7H,5-6H2,1H3,(H,14,18)(H,15,16,17). The molecule has 19 heavy (non-hydrogen) atoms. The number of nitrogens with zero attached hydrogens (tertiary/aromatic N) is 2. The number of ether oxygens (including phenoxy) is 1. The van der Waals surface area contributed by atoms with E-state index in [2.05, 4.69) is 20.5 Å². The molecule has 0 aliphatic heterocycles. The average Bonchev–Trinajstić information content (AvgIpc) is 2.91. The molecule has 0 radical (unpaired) electrons. The molecule has 1 heterocycles. The van der Waals surface area contributed by atoms with E-state index in [-0.39, 0.29) is 11.3 Å². The van der Waals surface area contributed by atoms with Crippen LogP contribution in [0.4, 0.5) is 4.39 Å². The topological polar surface area (TPSA) is 79.9 Å². The van der Waals surface area contributed by atoms with Gasteiger partial charge in [0.15, 0.2) is 0 Å². The van der Waals surface area contributed by atoms with Crippen molar-refractivity contribution in [3.63, 3.8) is 0 Å². The molecule has 0 bridgehead atoms. The zero-order valence-corrected chi connectivity index (χ0v) is 10.3. The van der Waals surface area contributed by atoms with E-state index in [9.17, 15) is 9.18 Å². The van der Waals surface area contributed by atoms with Gasteiger partial charge in [0.25, 0.3) is 5.91 Å². The molecule has 2 rings (SSSR count). The van der Waals surface area contributed by atoms with Gasteiger partial charge in [-0.3, -0.25) is 9.89 Å². The molecule has 0 atom stereocenters. The summed E-state index contributed by atoms with van der Waals surface area (Å²) >= 11 is 0. The molecular weight excluding hydrogens is 251 g/mol. The lowest BCUT2D eigenvalue weighted by Crippen LogP contribution is -2.27. The molecule has 1 amide bonds. The predicted octanol–water partition coefficient (Wildman–Crippen LogP) is 0.925. The molecule has 2 N–H and O–H groups in total. The van der Waals surface area contributed by atoms with E-state index in [1.165, 1.54) is 31.6 Å². The highest BCUT2D eigenvalue weighted by molar-refractivity contribution is 5.97. The summed E-state index contributed by atoms with van der Waals surface area (Å²) in [5.74, 6) is -0.274. The largest absolute Gasteiger partial charge is 0.496 e. The Balaban J connectivity index is 2.00. The number of nitrogens with one attached hydrogen (secondary N) is 2. The van der Waals surface area contributed by atoms with E-state index in [1.807, 2.05) is 0 Å². The molecule has 0 aliphatic rings.